The lowest BCUT2D eigenvalue weighted by atomic mass is 9.74. The van der Waals surface area contributed by atoms with Crippen molar-refractivity contribution in [1.29, 1.82) is 0 Å². The molecule has 1 aliphatic heterocycles. The molecular weight excluding hydrogens is 616 g/mol. The molecule has 0 aliphatic carbocycles. The predicted octanol–water partition coefficient (Wildman–Crippen LogP) is 5.58. The minimum atomic E-state index is -0.677. The van der Waals surface area contributed by atoms with Crippen LogP contribution in [0.15, 0.2) is 66.9 Å². The van der Waals surface area contributed by atoms with Crippen molar-refractivity contribution < 1.29 is 19.2 Å². The van der Waals surface area contributed by atoms with Crippen LogP contribution in [0, 0.1) is 10.8 Å². The van der Waals surface area contributed by atoms with Gasteiger partial charge in [0.25, 0.3) is 0 Å². The van der Waals surface area contributed by atoms with Crippen LogP contribution in [0.2, 0.25) is 0 Å². The minimum Gasteiger partial charge on any atom is -0.342 e. The lowest BCUT2D eigenvalue weighted by Gasteiger charge is -2.44. The fraction of sp³-hybridized carbons (Fsp3) is 0.462. The monoisotopic (exact) mass is 668 g/mol. The third-order valence-electron chi connectivity index (χ3n) is 9.40. The molecule has 3 N–H and O–H groups in total. The van der Waals surface area contributed by atoms with Gasteiger partial charge in [-0.15, -0.1) is 0 Å². The highest BCUT2D eigenvalue weighted by atomic mass is 16.2. The van der Waals surface area contributed by atoms with E-state index in [2.05, 4.69) is 20.9 Å². The number of amides is 4. The van der Waals surface area contributed by atoms with Crippen LogP contribution >= 0.6 is 0 Å². The summed E-state index contributed by atoms with van der Waals surface area (Å²) in [5.41, 5.74) is 3.24. The van der Waals surface area contributed by atoms with Gasteiger partial charge in [-0.2, -0.15) is 0 Å². The Bertz CT molecular complexity index is 1610. The number of carbonyl (C=O) groups excluding carboxylic acids is 4. The van der Waals surface area contributed by atoms with Gasteiger partial charge in [0.05, 0.1) is 11.8 Å². The molecular formula is C39H52N6O4. The van der Waals surface area contributed by atoms with E-state index in [9.17, 15) is 19.2 Å². The Balaban J connectivity index is 1.54. The summed E-state index contributed by atoms with van der Waals surface area (Å²) in [6, 6.07) is 18.9. The zero-order valence-corrected chi connectivity index (χ0v) is 29.9. The van der Waals surface area contributed by atoms with Gasteiger partial charge in [0.1, 0.15) is 12.4 Å². The second kappa shape index (κ2) is 16.7. The average Bonchev–Trinajstić information content (AvgIpc) is 3.08. The Labute approximate surface area is 291 Å². The van der Waals surface area contributed by atoms with E-state index in [1.165, 1.54) is 0 Å². The maximum atomic E-state index is 14.6. The van der Waals surface area contributed by atoms with Crippen molar-refractivity contribution in [3.8, 4) is 0 Å². The van der Waals surface area contributed by atoms with Gasteiger partial charge in [-0.1, -0.05) is 71.0 Å². The smallest absolute Gasteiger partial charge is 0.244 e. The molecule has 262 valence electrons. The Morgan fingerprint density at radius 1 is 0.857 bits per heavy atom. The summed E-state index contributed by atoms with van der Waals surface area (Å²) in [5.74, 6) is -0.0226. The van der Waals surface area contributed by atoms with Crippen LogP contribution in [-0.2, 0) is 45.1 Å². The predicted molar refractivity (Wildman–Crippen MR) is 194 cm³/mol. The topological polar surface area (TPSA) is 124 Å². The van der Waals surface area contributed by atoms with Crippen LogP contribution in [-0.4, -0.2) is 65.1 Å². The molecule has 0 spiro atoms. The van der Waals surface area contributed by atoms with E-state index in [-0.39, 0.29) is 43.1 Å². The normalized spacial score (nSPS) is 14.2. The molecule has 10 nitrogen and oxygen atoms in total. The highest BCUT2D eigenvalue weighted by molar-refractivity contribution is 5.96. The molecule has 0 atom stereocenters. The SMILES string of the molecule is CCc1ccc(NC(=O)CN(Cc2ccccc2CNC)C(=O)C2(CC)CCN(C(=O)C(C)(C)C)CC2)cc1CC(=O)Nc1ccccn1. The van der Waals surface area contributed by atoms with Gasteiger partial charge in [-0.3, -0.25) is 19.2 Å². The number of carbonyl (C=O) groups is 4. The molecule has 0 unspecified atom stereocenters. The molecule has 3 aromatic rings. The van der Waals surface area contributed by atoms with E-state index in [1.54, 1.807) is 23.2 Å². The number of nitrogens with zero attached hydrogens (tertiary/aromatic N) is 3. The first-order valence-electron chi connectivity index (χ1n) is 17.3. The third kappa shape index (κ3) is 9.75. The number of pyridine rings is 1. The number of nitrogens with one attached hydrogen (secondary N) is 3. The number of anilines is 2. The minimum absolute atomic E-state index is 0.0690. The highest BCUT2D eigenvalue weighted by Gasteiger charge is 2.44. The van der Waals surface area contributed by atoms with E-state index in [4.69, 9.17) is 0 Å². The molecule has 1 saturated heterocycles. The number of aryl methyl sites for hydroxylation is 1. The largest absolute Gasteiger partial charge is 0.342 e. The third-order valence-corrected chi connectivity index (χ3v) is 9.40. The molecule has 0 radical (unpaired) electrons. The number of hydrogen-bond acceptors (Lipinski definition) is 6. The molecule has 2 aromatic carbocycles. The average molecular weight is 669 g/mol. The molecule has 10 heteroatoms. The molecule has 4 rings (SSSR count). The number of hydrogen-bond donors (Lipinski definition) is 3. The number of benzene rings is 2. The van der Waals surface area contributed by atoms with Crippen molar-refractivity contribution in [2.75, 3.05) is 37.3 Å². The van der Waals surface area contributed by atoms with Gasteiger partial charge in [0.15, 0.2) is 0 Å². The second-order valence-electron chi connectivity index (χ2n) is 14.0. The van der Waals surface area contributed by atoms with E-state index in [1.807, 2.05) is 95.1 Å². The van der Waals surface area contributed by atoms with Crippen LogP contribution in [0.5, 0.6) is 0 Å². The van der Waals surface area contributed by atoms with E-state index < -0.39 is 10.8 Å². The zero-order chi connectivity index (χ0) is 35.6. The van der Waals surface area contributed by atoms with Crippen molar-refractivity contribution in [2.24, 2.45) is 10.8 Å². The zero-order valence-electron chi connectivity index (χ0n) is 29.9. The molecule has 2 heterocycles. The Morgan fingerprint density at radius 3 is 2.16 bits per heavy atom. The van der Waals surface area contributed by atoms with Crippen molar-refractivity contribution in [1.82, 2.24) is 20.1 Å². The lowest BCUT2D eigenvalue weighted by molar-refractivity contribution is -0.152. The first kappa shape index (κ1) is 37.3. The summed E-state index contributed by atoms with van der Waals surface area (Å²) in [6.07, 6.45) is 4.18. The van der Waals surface area contributed by atoms with Gasteiger partial charge in [-0.25, -0.2) is 4.98 Å². The summed E-state index contributed by atoms with van der Waals surface area (Å²) in [7, 11) is 1.88. The van der Waals surface area contributed by atoms with Crippen molar-refractivity contribution >= 4 is 35.1 Å². The summed E-state index contributed by atoms with van der Waals surface area (Å²) in [5, 5.41) is 9.02. The van der Waals surface area contributed by atoms with Gasteiger partial charge in [0.2, 0.25) is 23.6 Å². The number of likely N-dealkylation sites (tertiary alicyclic amines) is 1. The highest BCUT2D eigenvalue weighted by Crippen LogP contribution is 2.38. The summed E-state index contributed by atoms with van der Waals surface area (Å²) >= 11 is 0. The first-order chi connectivity index (χ1) is 23.4. The van der Waals surface area contributed by atoms with Crippen LogP contribution < -0.4 is 16.0 Å². The van der Waals surface area contributed by atoms with Crippen LogP contribution in [0.4, 0.5) is 11.5 Å². The quantitative estimate of drug-likeness (QED) is 0.219. The molecule has 0 saturated carbocycles. The fourth-order valence-corrected chi connectivity index (χ4v) is 6.53. The summed E-state index contributed by atoms with van der Waals surface area (Å²) in [4.78, 5) is 61.9. The maximum absolute atomic E-state index is 14.6. The number of aromatic nitrogens is 1. The first-order valence-corrected chi connectivity index (χ1v) is 17.3. The molecule has 1 aromatic heterocycles. The molecule has 0 bridgehead atoms. The fourth-order valence-electron chi connectivity index (χ4n) is 6.53. The van der Waals surface area contributed by atoms with E-state index >= 15 is 0 Å². The Morgan fingerprint density at radius 2 is 1.55 bits per heavy atom. The molecule has 1 aliphatic rings. The van der Waals surface area contributed by atoms with Gasteiger partial charge < -0.3 is 25.8 Å². The van der Waals surface area contributed by atoms with Crippen LogP contribution in [0.25, 0.3) is 0 Å². The standard InChI is InChI=1S/C39H52N6O4/c1-7-28-16-17-32(23-31(28)24-34(46)43-33-15-11-12-20-41-33)42-35(47)27-45(26-30-14-10-9-13-29(30)25-40-6)37(49)39(8-2)18-21-44(22-19-39)36(48)38(3,4)5/h9-17,20,23,40H,7-8,18-19,21-22,24-27H2,1-6H3,(H,42,47)(H,41,43,46). The second-order valence-corrected chi connectivity index (χ2v) is 14.0. The van der Waals surface area contributed by atoms with Crippen molar-refractivity contribution in [3.05, 3.63) is 89.1 Å². The van der Waals surface area contributed by atoms with E-state index in [0.29, 0.717) is 50.4 Å². The van der Waals surface area contributed by atoms with Crippen LogP contribution in [0.3, 0.4) is 0 Å². The van der Waals surface area contributed by atoms with Crippen LogP contribution in [0.1, 0.15) is 76.1 Å². The lowest BCUT2D eigenvalue weighted by Crippen LogP contribution is -2.53. The van der Waals surface area contributed by atoms with Gasteiger partial charge in [0, 0.05) is 43.5 Å². The number of rotatable bonds is 13. The molecule has 49 heavy (non-hydrogen) atoms. The van der Waals surface area contributed by atoms with Gasteiger partial charge >= 0.3 is 0 Å². The number of piperidine rings is 1. The Hall–Kier alpha value is -4.57. The summed E-state index contributed by atoms with van der Waals surface area (Å²) < 4.78 is 0. The molecule has 4 amide bonds. The van der Waals surface area contributed by atoms with E-state index in [0.717, 1.165) is 28.7 Å². The van der Waals surface area contributed by atoms with Crippen molar-refractivity contribution in [3.63, 3.8) is 0 Å². The maximum Gasteiger partial charge on any atom is 0.244 e. The summed E-state index contributed by atoms with van der Waals surface area (Å²) in [6.45, 7) is 11.6. The van der Waals surface area contributed by atoms with Gasteiger partial charge in [-0.05, 0) is 79.3 Å². The van der Waals surface area contributed by atoms with Crippen molar-refractivity contribution in [2.45, 2.75) is 79.8 Å². The Kier molecular flexibility index (Phi) is 12.7. The molecule has 1 fully saturated rings.